The summed E-state index contributed by atoms with van der Waals surface area (Å²) in [5.74, 6) is -1.19. The van der Waals surface area contributed by atoms with Crippen LogP contribution in [0, 0.1) is 35.6 Å². The molecule has 0 saturated carbocycles. The molecule has 1 radical (unpaired) electrons. The molecule has 1 unspecified atom stereocenters. The number of carbonyl (C=O) groups is 1. The van der Waals surface area contributed by atoms with Crippen molar-refractivity contribution in [3.05, 3.63) is 0 Å². The van der Waals surface area contributed by atoms with Gasteiger partial charge in [-0.15, -0.1) is 0 Å². The second-order valence-electron chi connectivity index (χ2n) is 1.46. The molecular formula is C3H13K2LaNaO8S. The molecule has 0 rings (SSSR count). The zero-order valence-corrected chi connectivity index (χ0v) is 11.0. The monoisotopic (exact) mass is 449 g/mol. The van der Waals surface area contributed by atoms with Gasteiger partial charge in [0.05, 0.1) is 0 Å². The van der Waals surface area contributed by atoms with Crippen molar-refractivity contribution in [2.45, 2.75) is 13.0 Å². The Bertz CT molecular complexity index is 213. The number of carboxylic acids is 1. The van der Waals surface area contributed by atoms with Crippen molar-refractivity contribution in [3.8, 4) is 0 Å². The van der Waals surface area contributed by atoms with Crippen molar-refractivity contribution in [2.75, 3.05) is 0 Å². The van der Waals surface area contributed by atoms with E-state index in [0.717, 1.165) is 0 Å². The van der Waals surface area contributed by atoms with Crippen molar-refractivity contribution in [2.24, 2.45) is 0 Å². The summed E-state index contributed by atoms with van der Waals surface area (Å²) in [6.07, 6.45) is -1.23. The van der Waals surface area contributed by atoms with Gasteiger partial charge in [-0.1, -0.05) is 0 Å². The average molecular weight is 449 g/mol. The summed E-state index contributed by atoms with van der Waals surface area (Å²) in [5, 5.41) is 15.8. The fraction of sp³-hybridized carbons (Fsp3) is 0.667. The average Bonchev–Trinajstić information content (AvgIpc) is 1.59. The van der Waals surface area contributed by atoms with Gasteiger partial charge in [-0.05, 0) is 6.92 Å². The summed E-state index contributed by atoms with van der Waals surface area (Å²) in [6.45, 7) is 1.20. The second kappa shape index (κ2) is 24.7. The van der Waals surface area contributed by atoms with Gasteiger partial charge >= 0.3 is 149 Å². The van der Waals surface area contributed by atoms with Crippen molar-refractivity contribution < 1.29 is 73.6 Å². The Morgan fingerprint density at radius 3 is 1.25 bits per heavy atom. The summed E-state index contributed by atoms with van der Waals surface area (Å²) in [7, 11) is -4.67. The molecule has 0 fully saturated rings. The molecule has 0 amide bonds. The number of carboxylic acid groups (broad SMARTS) is 1. The van der Waals surface area contributed by atoms with Gasteiger partial charge in [-0.3, -0.25) is 9.11 Å². The van der Waals surface area contributed by atoms with Gasteiger partial charge in [-0.2, -0.15) is 8.42 Å². The van der Waals surface area contributed by atoms with E-state index < -0.39 is 22.5 Å². The van der Waals surface area contributed by atoms with Crippen molar-refractivity contribution in [1.29, 1.82) is 0 Å². The standard InChI is InChI=1S/C3H6O3.2K.La.Na.H2O4S.H2O.3H/c1-2(4)3(5)6;;;;;1-5(2,3)4;;;;/h2,4H,1H3,(H,5,6);;;;;(H2,1,2,3,4);1H2;;;. The summed E-state index contributed by atoms with van der Waals surface area (Å²) < 4.78 is 31.6. The molecule has 0 heterocycles. The molecule has 0 aliphatic heterocycles. The number of hydrogen-bond donors (Lipinski definition) is 4. The maximum atomic E-state index is 9.45. The molecule has 6 N–H and O–H groups in total. The molecule has 0 saturated heterocycles. The Balaban J connectivity index is -0.0000000155. The molecule has 0 aromatic heterocycles. The van der Waals surface area contributed by atoms with Gasteiger partial charge in [0.15, 0.2) is 0 Å². The Morgan fingerprint density at radius 1 is 1.19 bits per heavy atom. The molecule has 13 heteroatoms. The third-order valence-corrected chi connectivity index (χ3v) is 0.357. The maximum absolute atomic E-state index is 9.45. The van der Waals surface area contributed by atoms with E-state index in [4.69, 9.17) is 27.7 Å². The molecule has 0 aliphatic rings. The Morgan fingerprint density at radius 2 is 1.25 bits per heavy atom. The van der Waals surface area contributed by atoms with E-state index in [0.29, 0.717) is 0 Å². The first kappa shape index (κ1) is 42.8. The molecule has 16 heavy (non-hydrogen) atoms. The van der Waals surface area contributed by atoms with Crippen molar-refractivity contribution in [1.82, 2.24) is 0 Å². The number of aliphatic hydroxyl groups is 1. The van der Waals surface area contributed by atoms with E-state index in [1.54, 1.807) is 0 Å². The van der Waals surface area contributed by atoms with Crippen LogP contribution >= 0.6 is 0 Å². The SMILES string of the molecule is CC(O)C(=O)O.O.O=S(=O)(O)O.[KH].[KH].[La].[NaH]. The summed E-state index contributed by atoms with van der Waals surface area (Å²) in [5.41, 5.74) is 0. The third kappa shape index (κ3) is 77.3. The van der Waals surface area contributed by atoms with Crippen LogP contribution < -0.4 is 0 Å². The van der Waals surface area contributed by atoms with Gasteiger partial charge in [0.2, 0.25) is 0 Å². The van der Waals surface area contributed by atoms with E-state index in [1.807, 2.05) is 0 Å². The molecule has 85 valence electrons. The summed E-state index contributed by atoms with van der Waals surface area (Å²) >= 11 is 0. The number of rotatable bonds is 1. The van der Waals surface area contributed by atoms with Crippen LogP contribution in [0.2, 0.25) is 0 Å². The first-order valence-electron chi connectivity index (χ1n) is 2.25. The molecule has 0 aromatic carbocycles. The van der Waals surface area contributed by atoms with Gasteiger partial charge in [0.25, 0.3) is 0 Å². The Kier molecular flexibility index (Phi) is 66.2. The zero-order valence-electron chi connectivity index (χ0n) is 6.58. The summed E-state index contributed by atoms with van der Waals surface area (Å²) in [6, 6.07) is 0. The number of hydrogen-bond acceptors (Lipinski definition) is 4. The Labute approximate surface area is 229 Å². The van der Waals surface area contributed by atoms with Crippen LogP contribution in [0.1, 0.15) is 6.92 Å². The zero-order chi connectivity index (χ0) is 9.65. The van der Waals surface area contributed by atoms with E-state index in [-0.39, 0.29) is 173 Å². The van der Waals surface area contributed by atoms with Gasteiger partial charge in [0.1, 0.15) is 6.10 Å². The van der Waals surface area contributed by atoms with E-state index >= 15 is 0 Å². The predicted molar refractivity (Wildman–Crippen MR) is 58.6 cm³/mol. The van der Waals surface area contributed by atoms with Crippen LogP contribution in [0.15, 0.2) is 0 Å². The second-order valence-corrected chi connectivity index (χ2v) is 2.36. The minimum atomic E-state index is -4.67. The first-order chi connectivity index (χ1) is 4.64. The van der Waals surface area contributed by atoms with Crippen LogP contribution in [-0.4, -0.2) is 178 Å². The quantitative estimate of drug-likeness (QED) is 0.234. The Hall–Kier alpha value is 4.73. The van der Waals surface area contributed by atoms with E-state index in [2.05, 4.69) is 0 Å². The number of aliphatic hydroxyl groups excluding tert-OH is 1. The molecule has 0 bridgehead atoms. The summed E-state index contributed by atoms with van der Waals surface area (Å²) in [4.78, 5) is 9.45. The van der Waals surface area contributed by atoms with Gasteiger partial charge < -0.3 is 15.7 Å². The van der Waals surface area contributed by atoms with E-state index in [1.165, 1.54) is 6.92 Å². The molecule has 1 atom stereocenters. The van der Waals surface area contributed by atoms with Crippen LogP contribution in [0.4, 0.5) is 0 Å². The predicted octanol–water partition coefficient (Wildman–Crippen LogP) is -3.97. The minimum absolute atomic E-state index is 0. The molecule has 0 spiro atoms. The fourth-order valence-corrected chi connectivity index (χ4v) is 0. The van der Waals surface area contributed by atoms with E-state index in [9.17, 15) is 4.79 Å². The van der Waals surface area contributed by atoms with Crippen LogP contribution in [0.3, 0.4) is 0 Å². The number of aliphatic carboxylic acids is 1. The molecular weight excluding hydrogens is 436 g/mol. The van der Waals surface area contributed by atoms with Gasteiger partial charge in [-0.25, -0.2) is 4.79 Å². The van der Waals surface area contributed by atoms with Gasteiger partial charge in [0, 0.05) is 35.6 Å². The molecule has 0 aromatic rings. The fourth-order valence-electron chi connectivity index (χ4n) is 0. The van der Waals surface area contributed by atoms with Crippen LogP contribution in [0.5, 0.6) is 0 Å². The van der Waals surface area contributed by atoms with Crippen molar-refractivity contribution >= 4 is 149 Å². The normalized spacial score (nSPS) is 8.75. The molecule has 0 aliphatic carbocycles. The van der Waals surface area contributed by atoms with Crippen LogP contribution in [-0.2, 0) is 15.2 Å². The topological polar surface area (TPSA) is 164 Å². The van der Waals surface area contributed by atoms with Crippen LogP contribution in [0.25, 0.3) is 0 Å². The molecule has 8 nitrogen and oxygen atoms in total. The van der Waals surface area contributed by atoms with Crippen molar-refractivity contribution in [3.63, 3.8) is 0 Å². The third-order valence-electron chi connectivity index (χ3n) is 0.357. The first-order valence-corrected chi connectivity index (χ1v) is 3.65.